The predicted octanol–water partition coefficient (Wildman–Crippen LogP) is 4.89. The molecule has 19 heavy (non-hydrogen) atoms. The number of halogens is 2. The lowest BCUT2D eigenvalue weighted by molar-refractivity contribution is 0.358. The first-order valence-corrected chi connectivity index (χ1v) is 8.07. The quantitative estimate of drug-likeness (QED) is 0.699. The molecular weight excluding hydrogens is 277 g/mol. The van der Waals surface area contributed by atoms with Crippen LogP contribution in [0.2, 0.25) is 10.0 Å². The third-order valence-corrected chi connectivity index (χ3v) is 4.44. The van der Waals surface area contributed by atoms with Crippen LogP contribution in [-0.2, 0) is 6.42 Å². The summed E-state index contributed by atoms with van der Waals surface area (Å²) in [5.41, 5.74) is 1.22. The summed E-state index contributed by atoms with van der Waals surface area (Å²) in [5, 5.41) is 1.52. The van der Waals surface area contributed by atoms with Gasteiger partial charge in [-0.05, 0) is 37.0 Å². The Labute approximate surface area is 126 Å². The van der Waals surface area contributed by atoms with Crippen molar-refractivity contribution in [3.63, 3.8) is 0 Å². The molecule has 3 heteroatoms. The van der Waals surface area contributed by atoms with Gasteiger partial charge in [0, 0.05) is 28.8 Å². The minimum Gasteiger partial charge on any atom is -0.170 e. The Morgan fingerprint density at radius 3 is 2.42 bits per heavy atom. The third kappa shape index (κ3) is 4.98. The van der Waals surface area contributed by atoms with E-state index in [0.717, 1.165) is 11.4 Å². The maximum atomic E-state index is 6.24. The van der Waals surface area contributed by atoms with Gasteiger partial charge in [0.2, 0.25) is 0 Å². The molecule has 0 aromatic heterocycles. The zero-order valence-corrected chi connectivity index (χ0v) is 13.2. The standard InChI is InChI=1S/C16H23Cl2N/c1-13(12-19-8-4-2-3-5-9-19)10-14-6-7-15(17)11-16(14)18/h6-7,11,13H,2-5,8-10,12H2,1H3/q+1. The second-order valence-corrected chi connectivity index (χ2v) is 6.60. The van der Waals surface area contributed by atoms with E-state index in [1.807, 2.05) is 12.1 Å². The van der Waals surface area contributed by atoms with Crippen molar-refractivity contribution in [1.29, 1.82) is 0 Å². The molecule has 0 bridgehead atoms. The van der Waals surface area contributed by atoms with E-state index in [1.54, 1.807) is 0 Å². The van der Waals surface area contributed by atoms with E-state index in [4.69, 9.17) is 23.2 Å². The van der Waals surface area contributed by atoms with E-state index in [-0.39, 0.29) is 0 Å². The maximum Gasteiger partial charge on any atom is 0.125 e. The van der Waals surface area contributed by atoms with Crippen molar-refractivity contribution in [3.05, 3.63) is 33.8 Å². The van der Waals surface area contributed by atoms with Gasteiger partial charge >= 0.3 is 0 Å². The van der Waals surface area contributed by atoms with Crippen molar-refractivity contribution in [3.8, 4) is 0 Å². The topological polar surface area (TPSA) is 5.90 Å². The molecule has 1 aliphatic heterocycles. The summed E-state index contributed by atoms with van der Waals surface area (Å²) in [6.45, 7) is 6.02. The minimum atomic E-state index is 0.636. The van der Waals surface area contributed by atoms with Gasteiger partial charge < -0.3 is 0 Å². The molecule has 1 aromatic rings. The number of nitrogens with zero attached hydrogens (tertiary/aromatic N) is 1. The highest BCUT2D eigenvalue weighted by molar-refractivity contribution is 6.35. The molecule has 2 rings (SSSR count). The molecule has 1 nitrogen and oxygen atoms in total. The Kier molecular flexibility index (Phi) is 6.00. The molecular formula is C16H23Cl2N+. The first-order valence-electron chi connectivity index (χ1n) is 7.31. The molecule has 1 unspecified atom stereocenters. The van der Waals surface area contributed by atoms with Crippen LogP contribution in [0.1, 0.15) is 38.2 Å². The first kappa shape index (κ1) is 15.2. The Hall–Kier alpha value is -0.240. The number of hydrogen-bond donors (Lipinski definition) is 0. The highest BCUT2D eigenvalue weighted by Crippen LogP contribution is 2.23. The van der Waals surface area contributed by atoms with E-state index < -0.39 is 0 Å². The number of rotatable bonds is 4. The SMILES string of the molecule is CC(Cc1ccc(Cl)cc1Cl)C[N+]1CCCCCC1. The van der Waals surface area contributed by atoms with Crippen molar-refractivity contribution in [2.45, 2.75) is 39.0 Å². The fourth-order valence-electron chi connectivity index (χ4n) is 2.89. The zero-order valence-electron chi connectivity index (χ0n) is 11.7. The Morgan fingerprint density at radius 1 is 1.11 bits per heavy atom. The highest BCUT2D eigenvalue weighted by Gasteiger charge is 2.21. The van der Waals surface area contributed by atoms with E-state index in [1.165, 1.54) is 50.9 Å². The van der Waals surface area contributed by atoms with Crippen molar-refractivity contribution in [2.24, 2.45) is 5.92 Å². The molecule has 1 atom stereocenters. The Balaban J connectivity index is 1.87. The van der Waals surface area contributed by atoms with Crippen LogP contribution in [0, 0.1) is 5.92 Å². The number of benzene rings is 1. The average Bonchev–Trinajstić information content (AvgIpc) is 2.61. The van der Waals surface area contributed by atoms with Gasteiger partial charge in [-0.2, -0.15) is 4.90 Å². The van der Waals surface area contributed by atoms with Crippen molar-refractivity contribution >= 4 is 23.2 Å². The van der Waals surface area contributed by atoms with Crippen LogP contribution in [-0.4, -0.2) is 19.6 Å². The van der Waals surface area contributed by atoms with Crippen molar-refractivity contribution in [2.75, 3.05) is 19.6 Å². The zero-order chi connectivity index (χ0) is 13.7. The van der Waals surface area contributed by atoms with Gasteiger partial charge in [0.15, 0.2) is 0 Å². The van der Waals surface area contributed by atoms with E-state index in [0.29, 0.717) is 10.9 Å². The molecule has 0 saturated carbocycles. The summed E-state index contributed by atoms with van der Waals surface area (Å²) in [7, 11) is 0. The lowest BCUT2D eigenvalue weighted by Crippen LogP contribution is -2.35. The highest BCUT2D eigenvalue weighted by atomic mass is 35.5. The smallest absolute Gasteiger partial charge is 0.125 e. The molecule has 1 aromatic carbocycles. The summed E-state index contributed by atoms with van der Waals surface area (Å²) in [6, 6.07) is 5.84. The molecule has 105 valence electrons. The van der Waals surface area contributed by atoms with Crippen LogP contribution in [0.15, 0.2) is 18.2 Å². The number of hydrogen-bond acceptors (Lipinski definition) is 1. The first-order chi connectivity index (χ1) is 9.15. The fraction of sp³-hybridized carbons (Fsp3) is 0.625. The molecule has 1 heterocycles. The molecule has 0 amide bonds. The summed E-state index contributed by atoms with van der Waals surface area (Å²) in [4.78, 5) is 2.61. The molecule has 1 radical (unpaired) electrons. The normalized spacial score (nSPS) is 19.1. The largest absolute Gasteiger partial charge is 0.170 e. The van der Waals surface area contributed by atoms with Crippen molar-refractivity contribution < 1.29 is 0 Å². The summed E-state index contributed by atoms with van der Waals surface area (Å²) >= 11 is 12.2. The van der Waals surface area contributed by atoms with E-state index in [9.17, 15) is 0 Å². The maximum absolute atomic E-state index is 6.24. The minimum absolute atomic E-state index is 0.636. The molecule has 1 aliphatic rings. The fourth-order valence-corrected chi connectivity index (χ4v) is 3.37. The average molecular weight is 300 g/mol. The van der Waals surface area contributed by atoms with Crippen LogP contribution in [0.25, 0.3) is 0 Å². The Morgan fingerprint density at radius 2 is 1.79 bits per heavy atom. The third-order valence-electron chi connectivity index (χ3n) is 3.85. The van der Waals surface area contributed by atoms with Gasteiger partial charge in [-0.1, -0.05) is 36.2 Å². The molecule has 1 saturated heterocycles. The van der Waals surface area contributed by atoms with Gasteiger partial charge in [-0.25, -0.2) is 0 Å². The lowest BCUT2D eigenvalue weighted by atomic mass is 10.0. The monoisotopic (exact) mass is 299 g/mol. The molecule has 0 aliphatic carbocycles. The van der Waals surface area contributed by atoms with Gasteiger partial charge in [-0.15, -0.1) is 0 Å². The van der Waals surface area contributed by atoms with Crippen LogP contribution < -0.4 is 4.90 Å². The second kappa shape index (κ2) is 7.52. The molecule has 1 fully saturated rings. The van der Waals surface area contributed by atoms with Gasteiger partial charge in [0.1, 0.15) is 19.6 Å². The van der Waals surface area contributed by atoms with Gasteiger partial charge in [-0.3, -0.25) is 0 Å². The van der Waals surface area contributed by atoms with Crippen LogP contribution in [0.3, 0.4) is 0 Å². The molecule has 0 N–H and O–H groups in total. The van der Waals surface area contributed by atoms with Gasteiger partial charge in [0.25, 0.3) is 0 Å². The summed E-state index contributed by atoms with van der Waals surface area (Å²) in [6.07, 6.45) is 6.54. The Bertz CT molecular complexity index is 398. The molecule has 0 spiro atoms. The van der Waals surface area contributed by atoms with Crippen LogP contribution in [0.4, 0.5) is 0 Å². The summed E-state index contributed by atoms with van der Waals surface area (Å²) in [5.74, 6) is 0.636. The summed E-state index contributed by atoms with van der Waals surface area (Å²) < 4.78 is 0. The van der Waals surface area contributed by atoms with Crippen molar-refractivity contribution in [1.82, 2.24) is 4.90 Å². The van der Waals surface area contributed by atoms with E-state index in [2.05, 4.69) is 17.9 Å². The van der Waals surface area contributed by atoms with Gasteiger partial charge in [0.05, 0.1) is 0 Å². The van der Waals surface area contributed by atoms with Crippen LogP contribution >= 0.6 is 23.2 Å². The predicted molar refractivity (Wildman–Crippen MR) is 84.5 cm³/mol. The second-order valence-electron chi connectivity index (χ2n) is 5.76. The van der Waals surface area contributed by atoms with Crippen LogP contribution in [0.5, 0.6) is 0 Å². The number of likely N-dealkylation sites (tertiary alicyclic amines) is 1. The lowest BCUT2D eigenvalue weighted by Gasteiger charge is -2.16. The van der Waals surface area contributed by atoms with E-state index >= 15 is 0 Å².